The number of halogens is 1. The summed E-state index contributed by atoms with van der Waals surface area (Å²) in [7, 11) is 5.78. The summed E-state index contributed by atoms with van der Waals surface area (Å²) < 4.78 is 19.1. The van der Waals surface area contributed by atoms with Gasteiger partial charge in [0.05, 0.1) is 12.2 Å². The number of nitrogens with zero attached hydrogens (tertiary/aromatic N) is 4. The van der Waals surface area contributed by atoms with Gasteiger partial charge in [0.15, 0.2) is 11.6 Å². The first-order valence-corrected chi connectivity index (χ1v) is 8.03. The topological polar surface area (TPSA) is 41.5 Å². The fourth-order valence-electron chi connectivity index (χ4n) is 2.10. The first-order chi connectivity index (χ1) is 11.4. The van der Waals surface area contributed by atoms with Crippen LogP contribution in [0.3, 0.4) is 0 Å². The van der Waals surface area contributed by atoms with Gasteiger partial charge in [-0.3, -0.25) is 0 Å². The fourth-order valence-corrected chi connectivity index (χ4v) is 2.10. The normalized spacial score (nSPS) is 10.8. The molecule has 0 bridgehead atoms. The molecule has 2 aromatic rings. The van der Waals surface area contributed by atoms with Crippen LogP contribution in [0.2, 0.25) is 0 Å². The van der Waals surface area contributed by atoms with Crippen molar-refractivity contribution in [2.24, 2.45) is 0 Å². The van der Waals surface area contributed by atoms with Gasteiger partial charge in [0.2, 0.25) is 5.95 Å². The summed E-state index contributed by atoms with van der Waals surface area (Å²) in [5.41, 5.74) is 0.991. The van der Waals surface area contributed by atoms with Crippen molar-refractivity contribution >= 4 is 11.8 Å². The van der Waals surface area contributed by atoms with Gasteiger partial charge >= 0.3 is 0 Å². The molecule has 0 fully saturated rings. The maximum absolute atomic E-state index is 13.6. The number of likely N-dealkylation sites (N-methyl/N-ethyl adjacent to an activating group) is 1. The number of rotatable bonds is 7. The predicted octanol–water partition coefficient (Wildman–Crippen LogP) is 3.32. The summed E-state index contributed by atoms with van der Waals surface area (Å²) in [6.07, 6.45) is 0. The molecular formula is C18H25FN4O. The second-order valence-corrected chi connectivity index (χ2v) is 6.20. The minimum Gasteiger partial charge on any atom is -0.489 e. The van der Waals surface area contributed by atoms with Crippen molar-refractivity contribution in [3.05, 3.63) is 41.8 Å². The first-order valence-electron chi connectivity index (χ1n) is 8.03. The summed E-state index contributed by atoms with van der Waals surface area (Å²) in [5.74, 6) is 1.74. The zero-order chi connectivity index (χ0) is 17.7. The lowest BCUT2D eigenvalue weighted by Gasteiger charge is -2.22. The Balaban J connectivity index is 2.06. The maximum Gasteiger partial charge on any atom is 0.227 e. The van der Waals surface area contributed by atoms with Crippen molar-refractivity contribution in [3.8, 4) is 5.75 Å². The van der Waals surface area contributed by atoms with Gasteiger partial charge in [-0.05, 0) is 18.1 Å². The first kappa shape index (κ1) is 18.0. The van der Waals surface area contributed by atoms with E-state index < -0.39 is 0 Å². The van der Waals surface area contributed by atoms with Crippen LogP contribution in [-0.2, 0) is 0 Å². The quantitative estimate of drug-likeness (QED) is 0.778. The van der Waals surface area contributed by atoms with Crippen LogP contribution in [0.25, 0.3) is 0 Å². The minimum absolute atomic E-state index is 0.269. The number of anilines is 2. The van der Waals surface area contributed by atoms with Gasteiger partial charge < -0.3 is 14.5 Å². The second-order valence-electron chi connectivity index (χ2n) is 6.20. The van der Waals surface area contributed by atoms with Crippen LogP contribution in [0, 0.1) is 5.82 Å². The number of hydrogen-bond acceptors (Lipinski definition) is 5. The summed E-state index contributed by atoms with van der Waals surface area (Å²) >= 11 is 0. The van der Waals surface area contributed by atoms with E-state index in [0.717, 1.165) is 11.5 Å². The zero-order valence-electron chi connectivity index (χ0n) is 15.0. The number of benzene rings is 1. The molecule has 1 aromatic carbocycles. The van der Waals surface area contributed by atoms with Gasteiger partial charge in [-0.2, -0.15) is 4.98 Å². The van der Waals surface area contributed by atoms with E-state index >= 15 is 0 Å². The van der Waals surface area contributed by atoms with Crippen molar-refractivity contribution in [1.82, 2.24) is 9.97 Å². The molecule has 0 N–H and O–H groups in total. The highest BCUT2D eigenvalue weighted by Gasteiger charge is 2.12. The third-order valence-electron chi connectivity index (χ3n) is 3.62. The highest BCUT2D eigenvalue weighted by atomic mass is 19.1. The van der Waals surface area contributed by atoms with E-state index in [4.69, 9.17) is 4.74 Å². The molecule has 0 amide bonds. The number of para-hydroxylation sites is 1. The molecule has 130 valence electrons. The maximum atomic E-state index is 13.6. The summed E-state index contributed by atoms with van der Waals surface area (Å²) in [6.45, 7) is 5.17. The van der Waals surface area contributed by atoms with Crippen LogP contribution >= 0.6 is 0 Å². The molecule has 0 aliphatic rings. The van der Waals surface area contributed by atoms with Gasteiger partial charge in [0, 0.05) is 27.2 Å². The Morgan fingerprint density at radius 3 is 2.46 bits per heavy atom. The van der Waals surface area contributed by atoms with E-state index in [0.29, 0.717) is 25.0 Å². The molecule has 5 nitrogen and oxygen atoms in total. The average molecular weight is 332 g/mol. The Bertz CT molecular complexity index is 650. The molecule has 2 rings (SSSR count). The smallest absolute Gasteiger partial charge is 0.227 e. The van der Waals surface area contributed by atoms with Crippen LogP contribution in [0.5, 0.6) is 5.75 Å². The third-order valence-corrected chi connectivity index (χ3v) is 3.62. The van der Waals surface area contributed by atoms with Crippen LogP contribution in [0.4, 0.5) is 16.2 Å². The Labute approximate surface area is 143 Å². The highest BCUT2D eigenvalue weighted by Crippen LogP contribution is 2.21. The number of hydrogen-bond donors (Lipinski definition) is 0. The van der Waals surface area contributed by atoms with E-state index in [1.54, 1.807) is 18.2 Å². The fraction of sp³-hybridized carbons (Fsp3) is 0.444. The lowest BCUT2D eigenvalue weighted by Crippen LogP contribution is -2.26. The monoisotopic (exact) mass is 332 g/mol. The zero-order valence-corrected chi connectivity index (χ0v) is 15.0. The molecule has 1 aromatic heterocycles. The van der Waals surface area contributed by atoms with E-state index in [1.165, 1.54) is 6.07 Å². The minimum atomic E-state index is -0.348. The van der Waals surface area contributed by atoms with Gasteiger partial charge in [-0.15, -0.1) is 0 Å². The Morgan fingerprint density at radius 1 is 1.12 bits per heavy atom. The van der Waals surface area contributed by atoms with Crippen molar-refractivity contribution < 1.29 is 9.13 Å². The Morgan fingerprint density at radius 2 is 1.83 bits per heavy atom. The average Bonchev–Trinajstić information content (AvgIpc) is 2.56. The lowest BCUT2D eigenvalue weighted by atomic mass is 10.1. The number of ether oxygens (including phenoxy) is 1. The molecule has 6 heteroatoms. The largest absolute Gasteiger partial charge is 0.489 e. The Kier molecular flexibility index (Phi) is 5.95. The molecule has 0 radical (unpaired) electrons. The Hall–Kier alpha value is -2.37. The van der Waals surface area contributed by atoms with Crippen molar-refractivity contribution in [3.63, 3.8) is 0 Å². The molecule has 0 unspecified atom stereocenters. The standard InChI is InChI=1S/C18H25FN4O/c1-13(2)15-12-17(21-18(20-15)22(3)4)23(5)10-11-24-16-9-7-6-8-14(16)19/h6-9,12-13H,10-11H2,1-5H3. The van der Waals surface area contributed by atoms with Gasteiger partial charge in [-0.1, -0.05) is 26.0 Å². The van der Waals surface area contributed by atoms with Crippen LogP contribution in [-0.4, -0.2) is 44.3 Å². The molecular weight excluding hydrogens is 307 g/mol. The van der Waals surface area contributed by atoms with E-state index in [1.807, 2.05) is 37.0 Å². The second kappa shape index (κ2) is 7.95. The molecule has 0 aliphatic carbocycles. The molecule has 1 heterocycles. The predicted molar refractivity (Wildman–Crippen MR) is 95.6 cm³/mol. The summed E-state index contributed by atoms with van der Waals surface area (Å²) in [5, 5.41) is 0. The molecule has 0 saturated heterocycles. The molecule has 0 spiro atoms. The lowest BCUT2D eigenvalue weighted by molar-refractivity contribution is 0.309. The van der Waals surface area contributed by atoms with Crippen LogP contribution in [0.15, 0.2) is 30.3 Å². The third kappa shape index (κ3) is 4.57. The molecule has 0 saturated carbocycles. The summed E-state index contributed by atoms with van der Waals surface area (Å²) in [4.78, 5) is 13.0. The number of aromatic nitrogens is 2. The van der Waals surface area contributed by atoms with Gasteiger partial charge in [-0.25, -0.2) is 9.37 Å². The molecule has 0 atom stereocenters. The van der Waals surface area contributed by atoms with Crippen molar-refractivity contribution in [2.45, 2.75) is 19.8 Å². The molecule has 24 heavy (non-hydrogen) atoms. The molecule has 0 aliphatic heterocycles. The van der Waals surface area contributed by atoms with Gasteiger partial charge in [0.1, 0.15) is 12.4 Å². The van der Waals surface area contributed by atoms with E-state index in [-0.39, 0.29) is 11.6 Å². The van der Waals surface area contributed by atoms with Crippen molar-refractivity contribution in [2.75, 3.05) is 44.1 Å². The van der Waals surface area contributed by atoms with E-state index in [9.17, 15) is 4.39 Å². The highest BCUT2D eigenvalue weighted by molar-refractivity contribution is 5.45. The van der Waals surface area contributed by atoms with Crippen LogP contribution in [0.1, 0.15) is 25.5 Å². The van der Waals surface area contributed by atoms with Crippen LogP contribution < -0.4 is 14.5 Å². The van der Waals surface area contributed by atoms with Crippen molar-refractivity contribution in [1.29, 1.82) is 0 Å². The van der Waals surface area contributed by atoms with Gasteiger partial charge in [0.25, 0.3) is 0 Å². The summed E-state index contributed by atoms with van der Waals surface area (Å²) in [6, 6.07) is 8.40. The van der Waals surface area contributed by atoms with E-state index in [2.05, 4.69) is 23.8 Å². The SMILES string of the molecule is CC(C)c1cc(N(C)CCOc2ccccc2F)nc(N(C)C)n1.